The minimum Gasteiger partial charge on any atom is -0.393 e. The van der Waals surface area contributed by atoms with Crippen molar-refractivity contribution in [3.05, 3.63) is 0 Å². The Balaban J connectivity index is 4.63. The van der Waals surface area contributed by atoms with Gasteiger partial charge in [-0.1, -0.05) is 54.4 Å². The van der Waals surface area contributed by atoms with E-state index in [1.54, 1.807) is 0 Å². The summed E-state index contributed by atoms with van der Waals surface area (Å²) in [6, 6.07) is 0. The van der Waals surface area contributed by atoms with Gasteiger partial charge in [-0.05, 0) is 24.7 Å². The number of esters is 2. The van der Waals surface area contributed by atoms with Gasteiger partial charge in [0.25, 0.3) is 0 Å². The Morgan fingerprint density at radius 3 is 1.32 bits per heavy atom. The molecule has 0 N–H and O–H groups in total. The lowest BCUT2D eigenvalue weighted by Gasteiger charge is -2.21. The van der Waals surface area contributed by atoms with E-state index in [1.807, 2.05) is 41.5 Å². The molecule has 0 saturated carbocycles. The first kappa shape index (κ1) is 18.1. The van der Waals surface area contributed by atoms with Crippen molar-refractivity contribution in [1.82, 2.24) is 0 Å². The first-order valence-electron chi connectivity index (χ1n) is 7.60. The number of carbonyl (C=O) groups is 2. The van der Waals surface area contributed by atoms with Gasteiger partial charge in [0.05, 0.1) is 11.8 Å². The third-order valence-corrected chi connectivity index (χ3v) is 3.62. The van der Waals surface area contributed by atoms with E-state index in [2.05, 4.69) is 0 Å². The van der Waals surface area contributed by atoms with Gasteiger partial charge >= 0.3 is 11.9 Å². The summed E-state index contributed by atoms with van der Waals surface area (Å²) in [4.78, 5) is 24.1. The fourth-order valence-corrected chi connectivity index (χ4v) is 2.32. The summed E-state index contributed by atoms with van der Waals surface area (Å²) >= 11 is 0. The third-order valence-electron chi connectivity index (χ3n) is 3.62. The van der Waals surface area contributed by atoms with Gasteiger partial charge in [-0.3, -0.25) is 9.59 Å². The van der Waals surface area contributed by atoms with Crippen LogP contribution in [-0.4, -0.2) is 11.9 Å². The molecule has 0 fully saturated rings. The molecule has 0 rings (SSSR count). The lowest BCUT2D eigenvalue weighted by Crippen LogP contribution is -2.30. The highest BCUT2D eigenvalue weighted by molar-refractivity contribution is 5.88. The molecule has 2 unspecified atom stereocenters. The molecule has 0 radical (unpaired) electrons. The monoisotopic (exact) mass is 270 g/mol. The van der Waals surface area contributed by atoms with Crippen LogP contribution < -0.4 is 0 Å². The number of hydrogen-bond acceptors (Lipinski definition) is 3. The molecule has 0 aromatic rings. The molecule has 19 heavy (non-hydrogen) atoms. The Morgan fingerprint density at radius 2 is 1.11 bits per heavy atom. The topological polar surface area (TPSA) is 43.4 Å². The van der Waals surface area contributed by atoms with Crippen molar-refractivity contribution in [2.24, 2.45) is 23.7 Å². The SMILES string of the molecule is CCCC(C(=O)OC(=O)C(CCC)C(C)C)C(C)C. The van der Waals surface area contributed by atoms with Gasteiger partial charge in [-0.25, -0.2) is 0 Å². The summed E-state index contributed by atoms with van der Waals surface area (Å²) in [5.74, 6) is -0.591. The lowest BCUT2D eigenvalue weighted by molar-refractivity contribution is -0.167. The second kappa shape index (κ2) is 9.11. The van der Waals surface area contributed by atoms with Crippen molar-refractivity contribution in [3.63, 3.8) is 0 Å². The molecule has 0 amide bonds. The summed E-state index contributed by atoms with van der Waals surface area (Å²) in [5.41, 5.74) is 0. The van der Waals surface area contributed by atoms with E-state index < -0.39 is 0 Å². The highest BCUT2D eigenvalue weighted by atomic mass is 16.6. The van der Waals surface area contributed by atoms with Crippen LogP contribution in [0.1, 0.15) is 67.2 Å². The zero-order valence-electron chi connectivity index (χ0n) is 13.4. The van der Waals surface area contributed by atoms with Crippen molar-refractivity contribution in [2.45, 2.75) is 67.2 Å². The summed E-state index contributed by atoms with van der Waals surface area (Å²) in [6.45, 7) is 12.1. The maximum atomic E-state index is 12.1. The molecule has 3 heteroatoms. The summed E-state index contributed by atoms with van der Waals surface area (Å²) < 4.78 is 5.12. The Morgan fingerprint density at radius 1 is 0.789 bits per heavy atom. The second-order valence-electron chi connectivity index (χ2n) is 6.02. The standard InChI is InChI=1S/C16H30O3/c1-7-9-13(11(3)4)15(17)19-16(18)14(10-8-2)12(5)6/h11-14H,7-10H2,1-6H3. The van der Waals surface area contributed by atoms with Gasteiger partial charge in [0.2, 0.25) is 0 Å². The van der Waals surface area contributed by atoms with Gasteiger partial charge < -0.3 is 4.74 Å². The van der Waals surface area contributed by atoms with Gasteiger partial charge in [-0.2, -0.15) is 0 Å². The van der Waals surface area contributed by atoms with Crippen molar-refractivity contribution < 1.29 is 14.3 Å². The molecule has 0 aromatic carbocycles. The molecule has 0 aliphatic heterocycles. The number of ether oxygens (including phenoxy) is 1. The van der Waals surface area contributed by atoms with Crippen LogP contribution >= 0.6 is 0 Å². The van der Waals surface area contributed by atoms with Crippen LogP contribution in [0.15, 0.2) is 0 Å². The summed E-state index contributed by atoms with van der Waals surface area (Å²) in [6.07, 6.45) is 3.41. The smallest absolute Gasteiger partial charge is 0.316 e. The minimum atomic E-state index is -0.344. The first-order valence-corrected chi connectivity index (χ1v) is 7.60. The van der Waals surface area contributed by atoms with E-state index in [1.165, 1.54) is 0 Å². The quantitative estimate of drug-likeness (QED) is 0.490. The maximum absolute atomic E-state index is 12.1. The van der Waals surface area contributed by atoms with E-state index in [-0.39, 0.29) is 35.6 Å². The van der Waals surface area contributed by atoms with Crippen LogP contribution in [-0.2, 0) is 14.3 Å². The summed E-state index contributed by atoms with van der Waals surface area (Å²) in [5, 5.41) is 0. The molecule has 3 nitrogen and oxygen atoms in total. The van der Waals surface area contributed by atoms with Gasteiger partial charge in [0, 0.05) is 0 Å². The van der Waals surface area contributed by atoms with Gasteiger partial charge in [0.1, 0.15) is 0 Å². The molecule has 0 aromatic heterocycles. The maximum Gasteiger partial charge on any atom is 0.316 e. The van der Waals surface area contributed by atoms with Crippen molar-refractivity contribution in [1.29, 1.82) is 0 Å². The number of rotatable bonds is 8. The fourth-order valence-electron chi connectivity index (χ4n) is 2.32. The van der Waals surface area contributed by atoms with E-state index >= 15 is 0 Å². The van der Waals surface area contributed by atoms with Crippen molar-refractivity contribution >= 4 is 11.9 Å². The highest BCUT2D eigenvalue weighted by Crippen LogP contribution is 2.22. The van der Waals surface area contributed by atoms with E-state index in [0.29, 0.717) is 0 Å². The molecule has 0 heterocycles. The molecular formula is C16H30O3. The highest BCUT2D eigenvalue weighted by Gasteiger charge is 2.29. The van der Waals surface area contributed by atoms with Crippen LogP contribution in [0.4, 0.5) is 0 Å². The number of hydrogen-bond donors (Lipinski definition) is 0. The molecular weight excluding hydrogens is 240 g/mol. The lowest BCUT2D eigenvalue weighted by atomic mass is 9.90. The molecule has 0 spiro atoms. The normalized spacial score (nSPS) is 14.5. The Bertz CT molecular complexity index is 254. The Labute approximate surface area is 118 Å². The fraction of sp³-hybridized carbons (Fsp3) is 0.875. The Hall–Kier alpha value is -0.860. The third kappa shape index (κ3) is 6.22. The average molecular weight is 270 g/mol. The van der Waals surface area contributed by atoms with Crippen LogP contribution in [0.25, 0.3) is 0 Å². The number of carbonyl (C=O) groups excluding carboxylic acids is 2. The van der Waals surface area contributed by atoms with E-state index in [0.717, 1.165) is 25.7 Å². The summed E-state index contributed by atoms with van der Waals surface area (Å²) in [7, 11) is 0. The van der Waals surface area contributed by atoms with Crippen molar-refractivity contribution in [2.75, 3.05) is 0 Å². The van der Waals surface area contributed by atoms with Gasteiger partial charge in [0.15, 0.2) is 0 Å². The molecule has 2 atom stereocenters. The molecule has 0 aliphatic carbocycles. The molecule has 0 saturated heterocycles. The predicted molar refractivity (Wildman–Crippen MR) is 77.6 cm³/mol. The largest absolute Gasteiger partial charge is 0.393 e. The predicted octanol–water partition coefficient (Wildman–Crippen LogP) is 4.20. The van der Waals surface area contributed by atoms with Gasteiger partial charge in [-0.15, -0.1) is 0 Å². The van der Waals surface area contributed by atoms with Crippen LogP contribution in [0, 0.1) is 23.7 Å². The average Bonchev–Trinajstić information content (AvgIpc) is 2.31. The minimum absolute atomic E-state index is 0.164. The van der Waals surface area contributed by atoms with E-state index in [9.17, 15) is 9.59 Å². The van der Waals surface area contributed by atoms with E-state index in [4.69, 9.17) is 4.74 Å². The van der Waals surface area contributed by atoms with Crippen LogP contribution in [0.3, 0.4) is 0 Å². The molecule has 0 bridgehead atoms. The zero-order chi connectivity index (χ0) is 15.0. The van der Waals surface area contributed by atoms with Crippen LogP contribution in [0.2, 0.25) is 0 Å². The molecule has 0 aliphatic rings. The Kier molecular flexibility index (Phi) is 8.70. The molecule has 112 valence electrons. The van der Waals surface area contributed by atoms with Crippen LogP contribution in [0.5, 0.6) is 0 Å². The van der Waals surface area contributed by atoms with Crippen molar-refractivity contribution in [3.8, 4) is 0 Å². The zero-order valence-corrected chi connectivity index (χ0v) is 13.4. The second-order valence-corrected chi connectivity index (χ2v) is 6.02. The first-order chi connectivity index (χ1) is 8.84.